The van der Waals surface area contributed by atoms with Crippen LogP contribution in [-0.2, 0) is 13.1 Å². The SMILES string of the molecule is CC(C)N1CCN(C(=O)NCc2ccccc2Cn2cncn2)CC1. The number of urea groups is 1. The second-order valence-electron chi connectivity index (χ2n) is 6.64. The summed E-state index contributed by atoms with van der Waals surface area (Å²) in [6.07, 6.45) is 3.23. The van der Waals surface area contributed by atoms with Crippen molar-refractivity contribution >= 4 is 6.03 Å². The van der Waals surface area contributed by atoms with Crippen LogP contribution in [0.3, 0.4) is 0 Å². The number of nitrogens with zero attached hydrogens (tertiary/aromatic N) is 5. The van der Waals surface area contributed by atoms with Crippen LogP contribution in [0.1, 0.15) is 25.0 Å². The lowest BCUT2D eigenvalue weighted by Gasteiger charge is -2.36. The van der Waals surface area contributed by atoms with Gasteiger partial charge in [0.25, 0.3) is 0 Å². The van der Waals surface area contributed by atoms with E-state index in [0.29, 0.717) is 19.1 Å². The van der Waals surface area contributed by atoms with Gasteiger partial charge in [-0.1, -0.05) is 24.3 Å². The first-order chi connectivity index (χ1) is 12.1. The number of carbonyl (C=O) groups is 1. The van der Waals surface area contributed by atoms with E-state index in [1.54, 1.807) is 11.0 Å². The molecule has 0 bridgehead atoms. The van der Waals surface area contributed by atoms with Crippen molar-refractivity contribution in [2.75, 3.05) is 26.2 Å². The predicted octanol–water partition coefficient (Wildman–Crippen LogP) is 1.56. The summed E-state index contributed by atoms with van der Waals surface area (Å²) in [4.78, 5) is 20.7. The van der Waals surface area contributed by atoms with E-state index in [1.807, 2.05) is 23.1 Å². The molecule has 0 radical (unpaired) electrons. The Bertz CT molecular complexity index is 677. The normalized spacial score (nSPS) is 15.6. The highest BCUT2D eigenvalue weighted by molar-refractivity contribution is 5.74. The summed E-state index contributed by atoms with van der Waals surface area (Å²) < 4.78 is 1.78. The lowest BCUT2D eigenvalue weighted by atomic mass is 10.1. The highest BCUT2D eigenvalue weighted by Crippen LogP contribution is 2.11. The highest BCUT2D eigenvalue weighted by Gasteiger charge is 2.22. The molecule has 0 atom stereocenters. The number of piperazine rings is 1. The number of amides is 2. The van der Waals surface area contributed by atoms with Crippen LogP contribution in [0, 0.1) is 0 Å². The minimum Gasteiger partial charge on any atom is -0.334 e. The van der Waals surface area contributed by atoms with Crippen LogP contribution in [-0.4, -0.2) is 62.8 Å². The Labute approximate surface area is 148 Å². The van der Waals surface area contributed by atoms with Crippen LogP contribution in [0.25, 0.3) is 0 Å². The summed E-state index contributed by atoms with van der Waals surface area (Å²) in [6.45, 7) is 9.01. The van der Waals surface area contributed by atoms with Gasteiger partial charge in [-0.15, -0.1) is 0 Å². The molecule has 1 aliphatic heterocycles. The third-order valence-electron chi connectivity index (χ3n) is 4.68. The van der Waals surface area contributed by atoms with Crippen molar-refractivity contribution in [3.05, 3.63) is 48.0 Å². The standard InChI is InChI=1S/C18H26N6O/c1-15(2)22-7-9-23(10-8-22)18(25)20-11-16-5-3-4-6-17(16)12-24-14-19-13-21-24/h3-6,13-15H,7-12H2,1-2H3,(H,20,25). The molecule has 0 aliphatic carbocycles. The lowest BCUT2D eigenvalue weighted by Crippen LogP contribution is -2.53. The summed E-state index contributed by atoms with van der Waals surface area (Å²) in [7, 11) is 0. The van der Waals surface area contributed by atoms with Crippen LogP contribution in [0.4, 0.5) is 4.79 Å². The lowest BCUT2D eigenvalue weighted by molar-refractivity contribution is 0.119. The van der Waals surface area contributed by atoms with Crippen molar-refractivity contribution in [1.29, 1.82) is 0 Å². The molecule has 2 aromatic rings. The van der Waals surface area contributed by atoms with Gasteiger partial charge in [0.05, 0.1) is 6.54 Å². The molecule has 7 nitrogen and oxygen atoms in total. The van der Waals surface area contributed by atoms with Crippen molar-refractivity contribution in [2.24, 2.45) is 0 Å². The highest BCUT2D eigenvalue weighted by atomic mass is 16.2. The summed E-state index contributed by atoms with van der Waals surface area (Å²) in [5.41, 5.74) is 2.24. The van der Waals surface area contributed by atoms with Crippen LogP contribution in [0.5, 0.6) is 0 Å². The van der Waals surface area contributed by atoms with Gasteiger partial charge in [0.15, 0.2) is 0 Å². The van der Waals surface area contributed by atoms with Gasteiger partial charge in [-0.05, 0) is 25.0 Å². The Morgan fingerprint density at radius 3 is 2.52 bits per heavy atom. The van der Waals surface area contributed by atoms with Crippen LogP contribution in [0.2, 0.25) is 0 Å². The number of nitrogens with one attached hydrogen (secondary N) is 1. The Morgan fingerprint density at radius 1 is 1.16 bits per heavy atom. The van der Waals surface area contributed by atoms with E-state index in [0.717, 1.165) is 37.3 Å². The molecule has 25 heavy (non-hydrogen) atoms. The third-order valence-corrected chi connectivity index (χ3v) is 4.68. The average molecular weight is 342 g/mol. The fraction of sp³-hybridized carbons (Fsp3) is 0.500. The quantitative estimate of drug-likeness (QED) is 0.896. The molecular weight excluding hydrogens is 316 g/mol. The Kier molecular flexibility index (Phi) is 5.65. The number of benzene rings is 1. The molecule has 2 amide bonds. The number of rotatable bonds is 5. The molecule has 0 spiro atoms. The van der Waals surface area contributed by atoms with Gasteiger partial charge in [0.2, 0.25) is 0 Å². The number of hydrogen-bond acceptors (Lipinski definition) is 4. The van der Waals surface area contributed by atoms with E-state index >= 15 is 0 Å². The van der Waals surface area contributed by atoms with Gasteiger partial charge in [0, 0.05) is 38.8 Å². The monoisotopic (exact) mass is 342 g/mol. The molecule has 1 aromatic carbocycles. The van der Waals surface area contributed by atoms with E-state index in [1.165, 1.54) is 6.33 Å². The van der Waals surface area contributed by atoms with Crippen LogP contribution in [0.15, 0.2) is 36.9 Å². The molecule has 1 fully saturated rings. The van der Waals surface area contributed by atoms with E-state index in [9.17, 15) is 4.79 Å². The zero-order valence-electron chi connectivity index (χ0n) is 14.9. The molecule has 1 N–H and O–H groups in total. The first-order valence-corrected chi connectivity index (χ1v) is 8.79. The smallest absolute Gasteiger partial charge is 0.317 e. The van der Waals surface area contributed by atoms with Crippen molar-refractivity contribution in [3.8, 4) is 0 Å². The molecule has 7 heteroatoms. The van der Waals surface area contributed by atoms with Gasteiger partial charge in [0.1, 0.15) is 12.7 Å². The minimum atomic E-state index is 0.0129. The maximum Gasteiger partial charge on any atom is 0.317 e. The molecule has 134 valence electrons. The Balaban J connectivity index is 1.54. The maximum atomic E-state index is 12.4. The van der Waals surface area contributed by atoms with E-state index in [-0.39, 0.29) is 6.03 Å². The molecule has 3 rings (SSSR count). The summed E-state index contributed by atoms with van der Waals surface area (Å²) in [6, 6.07) is 8.65. The van der Waals surface area contributed by atoms with Crippen molar-refractivity contribution < 1.29 is 4.79 Å². The van der Waals surface area contributed by atoms with E-state index in [2.05, 4.69) is 40.2 Å². The molecule has 2 heterocycles. The topological polar surface area (TPSA) is 66.3 Å². The fourth-order valence-corrected chi connectivity index (χ4v) is 3.10. The zero-order valence-corrected chi connectivity index (χ0v) is 14.9. The fourth-order valence-electron chi connectivity index (χ4n) is 3.10. The molecule has 0 saturated carbocycles. The largest absolute Gasteiger partial charge is 0.334 e. The second-order valence-corrected chi connectivity index (χ2v) is 6.64. The molecule has 0 unspecified atom stereocenters. The number of aromatic nitrogens is 3. The van der Waals surface area contributed by atoms with E-state index < -0.39 is 0 Å². The first kappa shape index (κ1) is 17.4. The summed E-state index contributed by atoms with van der Waals surface area (Å²) in [5.74, 6) is 0. The van der Waals surface area contributed by atoms with Gasteiger partial charge in [-0.2, -0.15) is 5.10 Å². The van der Waals surface area contributed by atoms with Crippen molar-refractivity contribution in [3.63, 3.8) is 0 Å². The van der Waals surface area contributed by atoms with Gasteiger partial charge in [-0.3, -0.25) is 4.90 Å². The van der Waals surface area contributed by atoms with Crippen LogP contribution < -0.4 is 5.32 Å². The molecular formula is C18H26N6O. The number of carbonyl (C=O) groups excluding carboxylic acids is 1. The van der Waals surface area contributed by atoms with Gasteiger partial charge in [-0.25, -0.2) is 14.5 Å². The number of hydrogen-bond donors (Lipinski definition) is 1. The third kappa shape index (κ3) is 4.57. The molecule has 1 aliphatic rings. The summed E-state index contributed by atoms with van der Waals surface area (Å²) >= 11 is 0. The Morgan fingerprint density at radius 2 is 1.88 bits per heavy atom. The van der Waals surface area contributed by atoms with Crippen LogP contribution >= 0.6 is 0 Å². The van der Waals surface area contributed by atoms with E-state index in [4.69, 9.17) is 0 Å². The summed E-state index contributed by atoms with van der Waals surface area (Å²) in [5, 5.41) is 7.20. The molecule has 1 saturated heterocycles. The van der Waals surface area contributed by atoms with Crippen molar-refractivity contribution in [1.82, 2.24) is 29.9 Å². The first-order valence-electron chi connectivity index (χ1n) is 8.79. The predicted molar refractivity (Wildman–Crippen MR) is 96.1 cm³/mol. The zero-order chi connectivity index (χ0) is 17.6. The Hall–Kier alpha value is -2.41. The minimum absolute atomic E-state index is 0.0129. The molecule has 1 aromatic heterocycles. The average Bonchev–Trinajstić information content (AvgIpc) is 3.14. The maximum absolute atomic E-state index is 12.4. The second kappa shape index (κ2) is 8.11. The van der Waals surface area contributed by atoms with Crippen molar-refractivity contribution in [2.45, 2.75) is 33.0 Å². The van der Waals surface area contributed by atoms with Gasteiger partial charge >= 0.3 is 6.03 Å². The van der Waals surface area contributed by atoms with Gasteiger partial charge < -0.3 is 10.2 Å².